The lowest BCUT2D eigenvalue weighted by molar-refractivity contribution is -0.115. The molecule has 0 aliphatic carbocycles. The summed E-state index contributed by atoms with van der Waals surface area (Å²) >= 11 is 0. The summed E-state index contributed by atoms with van der Waals surface area (Å²) in [5.41, 5.74) is 5.99. The summed E-state index contributed by atoms with van der Waals surface area (Å²) < 4.78 is 25.9. The highest BCUT2D eigenvalue weighted by Gasteiger charge is 2.25. The van der Waals surface area contributed by atoms with Gasteiger partial charge in [-0.15, -0.1) is 0 Å². The van der Waals surface area contributed by atoms with Crippen LogP contribution in [0.4, 0.5) is 5.69 Å². The third-order valence-electron chi connectivity index (χ3n) is 5.65. The highest BCUT2D eigenvalue weighted by Crippen LogP contribution is 2.25. The van der Waals surface area contributed by atoms with E-state index in [1.807, 2.05) is 60.7 Å². The Kier molecular flexibility index (Phi) is 6.20. The molecule has 0 bridgehead atoms. The number of benzene rings is 3. The number of carbonyl (C=O) groups excluding carboxylic acids is 1. The summed E-state index contributed by atoms with van der Waals surface area (Å²) in [5, 5.41) is 2.95. The van der Waals surface area contributed by atoms with Crippen molar-refractivity contribution in [3.8, 4) is 11.1 Å². The van der Waals surface area contributed by atoms with Gasteiger partial charge in [0.2, 0.25) is 15.9 Å². The predicted octanol–water partition coefficient (Wildman–Crippen LogP) is 4.24. The molecule has 1 aliphatic heterocycles. The molecular weight excluding hydrogens is 408 g/mol. The summed E-state index contributed by atoms with van der Waals surface area (Å²) in [5.74, 6) is 0.00297. The summed E-state index contributed by atoms with van der Waals surface area (Å²) in [6.45, 7) is 2.53. The SMILES string of the molecule is CCS(=O)(=O)N1CCc2ccc(NC(=O)Cc3ccc(-c4ccccc4)cc3)cc2C1. The number of nitrogens with one attached hydrogen (secondary N) is 1. The number of hydrogen-bond acceptors (Lipinski definition) is 3. The fraction of sp³-hybridized carbons (Fsp3) is 0.240. The average molecular weight is 435 g/mol. The molecule has 0 radical (unpaired) electrons. The molecule has 0 spiro atoms. The van der Waals surface area contributed by atoms with Gasteiger partial charge in [0.25, 0.3) is 0 Å². The second-order valence-corrected chi connectivity index (χ2v) is 10.0. The Bertz CT molecular complexity index is 1170. The van der Waals surface area contributed by atoms with E-state index in [2.05, 4.69) is 17.4 Å². The first-order valence-electron chi connectivity index (χ1n) is 10.5. The van der Waals surface area contributed by atoms with Gasteiger partial charge in [0.05, 0.1) is 12.2 Å². The van der Waals surface area contributed by atoms with Crippen molar-refractivity contribution in [1.82, 2.24) is 4.31 Å². The molecule has 6 heteroatoms. The van der Waals surface area contributed by atoms with Crippen LogP contribution >= 0.6 is 0 Å². The monoisotopic (exact) mass is 434 g/mol. The number of carbonyl (C=O) groups is 1. The van der Waals surface area contributed by atoms with E-state index < -0.39 is 10.0 Å². The third-order valence-corrected chi connectivity index (χ3v) is 7.48. The Balaban J connectivity index is 1.41. The highest BCUT2D eigenvalue weighted by molar-refractivity contribution is 7.89. The van der Waals surface area contributed by atoms with E-state index in [0.717, 1.165) is 27.8 Å². The predicted molar refractivity (Wildman–Crippen MR) is 124 cm³/mol. The third kappa shape index (κ3) is 5.03. The minimum absolute atomic E-state index is 0.0961. The van der Waals surface area contributed by atoms with Crippen LogP contribution in [0.25, 0.3) is 11.1 Å². The molecule has 160 valence electrons. The van der Waals surface area contributed by atoms with Crippen LogP contribution in [-0.2, 0) is 34.2 Å². The zero-order chi connectivity index (χ0) is 21.8. The molecule has 31 heavy (non-hydrogen) atoms. The molecule has 1 aliphatic rings. The lowest BCUT2D eigenvalue weighted by Gasteiger charge is -2.28. The Morgan fingerprint density at radius 3 is 2.35 bits per heavy atom. The van der Waals surface area contributed by atoms with E-state index in [1.54, 1.807) is 6.92 Å². The molecule has 3 aromatic carbocycles. The van der Waals surface area contributed by atoms with Gasteiger partial charge in [-0.05, 0) is 53.3 Å². The minimum atomic E-state index is -3.22. The van der Waals surface area contributed by atoms with Gasteiger partial charge in [-0.3, -0.25) is 4.79 Å². The largest absolute Gasteiger partial charge is 0.326 e. The van der Waals surface area contributed by atoms with E-state index >= 15 is 0 Å². The van der Waals surface area contributed by atoms with Crippen LogP contribution in [0.3, 0.4) is 0 Å². The minimum Gasteiger partial charge on any atom is -0.326 e. The van der Waals surface area contributed by atoms with Crippen LogP contribution in [-0.4, -0.2) is 30.9 Å². The molecule has 3 aromatic rings. The molecule has 0 atom stereocenters. The van der Waals surface area contributed by atoms with Crippen LogP contribution in [0.1, 0.15) is 23.6 Å². The Hall–Kier alpha value is -2.96. The van der Waals surface area contributed by atoms with Gasteiger partial charge in [-0.1, -0.05) is 60.7 Å². The van der Waals surface area contributed by atoms with E-state index in [1.165, 1.54) is 4.31 Å². The molecule has 5 nitrogen and oxygen atoms in total. The number of fused-ring (bicyclic) bond motifs is 1. The van der Waals surface area contributed by atoms with E-state index in [-0.39, 0.29) is 18.1 Å². The van der Waals surface area contributed by atoms with Gasteiger partial charge in [0.1, 0.15) is 0 Å². The Morgan fingerprint density at radius 1 is 0.935 bits per heavy atom. The lowest BCUT2D eigenvalue weighted by Crippen LogP contribution is -2.36. The highest BCUT2D eigenvalue weighted by atomic mass is 32.2. The summed E-state index contributed by atoms with van der Waals surface area (Å²) in [7, 11) is -3.22. The van der Waals surface area contributed by atoms with E-state index in [9.17, 15) is 13.2 Å². The molecule has 4 rings (SSSR count). The van der Waals surface area contributed by atoms with Gasteiger partial charge in [-0.25, -0.2) is 8.42 Å². The maximum atomic E-state index is 12.6. The number of sulfonamides is 1. The first kappa shape index (κ1) is 21.3. The van der Waals surface area contributed by atoms with E-state index in [4.69, 9.17) is 0 Å². The fourth-order valence-electron chi connectivity index (χ4n) is 3.87. The van der Waals surface area contributed by atoms with Crippen molar-refractivity contribution in [3.05, 3.63) is 89.5 Å². The van der Waals surface area contributed by atoms with Crippen molar-refractivity contribution in [3.63, 3.8) is 0 Å². The van der Waals surface area contributed by atoms with Gasteiger partial charge in [-0.2, -0.15) is 4.31 Å². The zero-order valence-corrected chi connectivity index (χ0v) is 18.4. The zero-order valence-electron chi connectivity index (χ0n) is 17.5. The van der Waals surface area contributed by atoms with Crippen LogP contribution in [0.2, 0.25) is 0 Å². The molecule has 0 saturated heterocycles. The second-order valence-electron chi connectivity index (χ2n) is 7.76. The average Bonchev–Trinajstić information content (AvgIpc) is 2.79. The molecule has 1 N–H and O–H groups in total. The maximum absolute atomic E-state index is 12.6. The van der Waals surface area contributed by atoms with Gasteiger partial charge < -0.3 is 5.32 Å². The molecular formula is C25H26N2O3S. The van der Waals surface area contributed by atoms with Crippen molar-refractivity contribution < 1.29 is 13.2 Å². The number of hydrogen-bond donors (Lipinski definition) is 1. The molecule has 0 fully saturated rings. The number of amides is 1. The van der Waals surface area contributed by atoms with Crippen molar-refractivity contribution in [2.45, 2.75) is 26.3 Å². The topological polar surface area (TPSA) is 66.5 Å². The van der Waals surface area contributed by atoms with Gasteiger partial charge in [0, 0.05) is 18.8 Å². The number of anilines is 1. The molecule has 1 amide bonds. The second kappa shape index (κ2) is 9.04. The van der Waals surface area contributed by atoms with Crippen LogP contribution in [0.5, 0.6) is 0 Å². The van der Waals surface area contributed by atoms with Gasteiger partial charge >= 0.3 is 0 Å². The summed E-state index contributed by atoms with van der Waals surface area (Å²) in [6.07, 6.45) is 0.971. The Morgan fingerprint density at radius 2 is 1.65 bits per heavy atom. The molecule has 1 heterocycles. The summed E-state index contributed by atoms with van der Waals surface area (Å²) in [4.78, 5) is 12.6. The van der Waals surface area contributed by atoms with E-state index in [0.29, 0.717) is 25.2 Å². The van der Waals surface area contributed by atoms with Crippen molar-refractivity contribution in [1.29, 1.82) is 0 Å². The normalized spacial score (nSPS) is 14.1. The smallest absolute Gasteiger partial charge is 0.228 e. The molecule has 0 saturated carbocycles. The number of nitrogens with zero attached hydrogens (tertiary/aromatic N) is 1. The first-order chi connectivity index (χ1) is 14.9. The lowest BCUT2D eigenvalue weighted by atomic mass is 10.0. The van der Waals surface area contributed by atoms with Crippen molar-refractivity contribution >= 4 is 21.6 Å². The van der Waals surface area contributed by atoms with Crippen LogP contribution in [0.15, 0.2) is 72.8 Å². The standard InChI is InChI=1S/C25H26N2O3S/c1-2-31(29,30)27-15-14-22-12-13-24(17-23(22)18-27)26-25(28)16-19-8-10-21(11-9-19)20-6-4-3-5-7-20/h3-13,17H,2,14-16,18H2,1H3,(H,26,28). The molecule has 0 unspecified atom stereocenters. The van der Waals surface area contributed by atoms with Crippen LogP contribution in [0, 0.1) is 0 Å². The van der Waals surface area contributed by atoms with Crippen LogP contribution < -0.4 is 5.32 Å². The number of rotatable bonds is 6. The van der Waals surface area contributed by atoms with Gasteiger partial charge in [0.15, 0.2) is 0 Å². The summed E-state index contributed by atoms with van der Waals surface area (Å²) in [6, 6.07) is 23.9. The maximum Gasteiger partial charge on any atom is 0.228 e. The first-order valence-corrected chi connectivity index (χ1v) is 12.1. The Labute approximate surface area is 183 Å². The fourth-order valence-corrected chi connectivity index (χ4v) is 4.94. The quantitative estimate of drug-likeness (QED) is 0.631. The van der Waals surface area contributed by atoms with Crippen molar-refractivity contribution in [2.24, 2.45) is 0 Å². The van der Waals surface area contributed by atoms with Crippen molar-refractivity contribution in [2.75, 3.05) is 17.6 Å². The molecule has 0 aromatic heterocycles.